The number of piperidine rings is 1. The fourth-order valence-electron chi connectivity index (χ4n) is 3.61. The summed E-state index contributed by atoms with van der Waals surface area (Å²) in [5.74, 6) is 1.76. The van der Waals surface area contributed by atoms with E-state index in [1.54, 1.807) is 0 Å². The molecule has 3 aliphatic rings. The van der Waals surface area contributed by atoms with Crippen molar-refractivity contribution in [3.05, 3.63) is 18.2 Å². The van der Waals surface area contributed by atoms with E-state index in [1.807, 2.05) is 6.07 Å². The summed E-state index contributed by atoms with van der Waals surface area (Å²) in [6.45, 7) is 2.62. The number of nitrogens with zero attached hydrogens (tertiary/aromatic N) is 2. The van der Waals surface area contributed by atoms with Crippen LogP contribution in [0.4, 0.5) is 5.69 Å². The monoisotopic (exact) mass is 260 g/mol. The zero-order valence-corrected chi connectivity index (χ0v) is 11.3. The minimum absolute atomic E-state index is 0.354. The van der Waals surface area contributed by atoms with E-state index in [0.29, 0.717) is 18.9 Å². The van der Waals surface area contributed by atoms with E-state index >= 15 is 0 Å². The molecule has 4 rings (SSSR count). The van der Waals surface area contributed by atoms with Crippen molar-refractivity contribution in [1.82, 2.24) is 4.90 Å². The Morgan fingerprint density at radius 3 is 2.58 bits per heavy atom. The Morgan fingerprint density at radius 1 is 1.05 bits per heavy atom. The van der Waals surface area contributed by atoms with Gasteiger partial charge in [0.05, 0.1) is 0 Å². The van der Waals surface area contributed by atoms with E-state index in [4.69, 9.17) is 9.47 Å². The van der Waals surface area contributed by atoms with Crippen molar-refractivity contribution in [2.75, 3.05) is 31.8 Å². The highest BCUT2D eigenvalue weighted by molar-refractivity contribution is 5.57. The number of benzene rings is 1. The van der Waals surface area contributed by atoms with Gasteiger partial charge in [-0.1, -0.05) is 6.42 Å². The molecule has 2 atom stereocenters. The third-order valence-electron chi connectivity index (χ3n) is 4.81. The summed E-state index contributed by atoms with van der Waals surface area (Å²) in [5, 5.41) is 0. The molecule has 2 fully saturated rings. The topological polar surface area (TPSA) is 24.9 Å². The Kier molecular flexibility index (Phi) is 2.58. The number of rotatable bonds is 1. The molecule has 0 spiro atoms. The Hall–Kier alpha value is -1.42. The summed E-state index contributed by atoms with van der Waals surface area (Å²) in [6, 6.07) is 7.74. The van der Waals surface area contributed by atoms with Gasteiger partial charge < -0.3 is 14.4 Å². The molecule has 1 aromatic rings. The third kappa shape index (κ3) is 1.86. The molecular formula is C15H20N2O2. The van der Waals surface area contributed by atoms with Gasteiger partial charge in [0.25, 0.3) is 0 Å². The van der Waals surface area contributed by atoms with Crippen LogP contribution in [0.1, 0.15) is 19.3 Å². The number of fused-ring (bicyclic) bond motifs is 3. The normalized spacial score (nSPS) is 29.6. The quantitative estimate of drug-likeness (QED) is 0.772. The smallest absolute Gasteiger partial charge is 0.231 e. The Morgan fingerprint density at radius 2 is 1.79 bits per heavy atom. The first-order valence-electron chi connectivity index (χ1n) is 7.18. The lowest BCUT2D eigenvalue weighted by molar-refractivity contribution is 0.0950. The van der Waals surface area contributed by atoms with Gasteiger partial charge in [0, 0.05) is 36.9 Å². The van der Waals surface area contributed by atoms with Crippen molar-refractivity contribution < 1.29 is 9.47 Å². The second-order valence-corrected chi connectivity index (χ2v) is 5.85. The van der Waals surface area contributed by atoms with Crippen molar-refractivity contribution in [2.45, 2.75) is 31.3 Å². The summed E-state index contributed by atoms with van der Waals surface area (Å²) in [7, 11) is 2.28. The highest BCUT2D eigenvalue weighted by Crippen LogP contribution is 2.37. The van der Waals surface area contributed by atoms with Gasteiger partial charge in [-0.3, -0.25) is 4.90 Å². The number of piperazine rings is 1. The molecule has 102 valence electrons. The van der Waals surface area contributed by atoms with Gasteiger partial charge in [0.1, 0.15) is 0 Å². The van der Waals surface area contributed by atoms with Gasteiger partial charge in [0.15, 0.2) is 11.5 Å². The molecule has 0 saturated carbocycles. The number of ether oxygens (including phenoxy) is 2. The molecule has 4 nitrogen and oxygen atoms in total. The minimum Gasteiger partial charge on any atom is -0.454 e. The van der Waals surface area contributed by atoms with Crippen molar-refractivity contribution in [3.63, 3.8) is 0 Å². The highest BCUT2D eigenvalue weighted by atomic mass is 16.7. The zero-order valence-electron chi connectivity index (χ0n) is 11.3. The largest absolute Gasteiger partial charge is 0.454 e. The molecule has 1 aromatic carbocycles. The van der Waals surface area contributed by atoms with E-state index in [0.717, 1.165) is 24.6 Å². The number of likely N-dealkylation sites (N-methyl/N-ethyl adjacent to an activating group) is 1. The summed E-state index contributed by atoms with van der Waals surface area (Å²) in [4.78, 5) is 5.09. The van der Waals surface area contributed by atoms with Crippen LogP contribution in [0.5, 0.6) is 11.5 Å². The lowest BCUT2D eigenvalue weighted by atomic mass is 9.91. The van der Waals surface area contributed by atoms with E-state index in [2.05, 4.69) is 29.0 Å². The first-order chi connectivity index (χ1) is 9.31. The molecule has 2 unspecified atom stereocenters. The second-order valence-electron chi connectivity index (χ2n) is 5.85. The lowest BCUT2D eigenvalue weighted by Crippen LogP contribution is -2.59. The molecule has 4 heteroatoms. The molecule has 0 N–H and O–H groups in total. The fraction of sp³-hybridized carbons (Fsp3) is 0.600. The molecule has 0 aromatic heterocycles. The molecule has 19 heavy (non-hydrogen) atoms. The lowest BCUT2D eigenvalue weighted by Gasteiger charge is -2.49. The van der Waals surface area contributed by atoms with Gasteiger partial charge in [-0.15, -0.1) is 0 Å². The number of hydrogen-bond donors (Lipinski definition) is 0. The maximum Gasteiger partial charge on any atom is 0.231 e. The predicted octanol–water partition coefficient (Wildman–Crippen LogP) is 2.09. The minimum atomic E-state index is 0.354. The third-order valence-corrected chi connectivity index (χ3v) is 4.81. The highest BCUT2D eigenvalue weighted by Gasteiger charge is 2.35. The van der Waals surface area contributed by atoms with Crippen LogP contribution in [-0.2, 0) is 0 Å². The SMILES string of the molecule is CN1C2CCCC1CN(c1ccc3c(c1)OCO3)C2. The number of hydrogen-bond acceptors (Lipinski definition) is 4. The molecule has 0 aliphatic carbocycles. The van der Waals surface area contributed by atoms with Crippen molar-refractivity contribution in [3.8, 4) is 11.5 Å². The second kappa shape index (κ2) is 4.30. The Bertz CT molecular complexity index is 477. The van der Waals surface area contributed by atoms with Gasteiger partial charge in [0.2, 0.25) is 6.79 Å². The van der Waals surface area contributed by atoms with E-state index in [1.165, 1.54) is 24.9 Å². The molecule has 3 heterocycles. The molecular weight excluding hydrogens is 240 g/mol. The first kappa shape index (κ1) is 11.4. The maximum atomic E-state index is 5.49. The maximum absolute atomic E-state index is 5.49. The molecule has 0 amide bonds. The van der Waals surface area contributed by atoms with Crippen LogP contribution in [-0.4, -0.2) is 43.9 Å². The standard InChI is InChI=1S/C15H20N2O2/c1-16-12-3-2-4-13(16)9-17(8-12)11-5-6-14-15(7-11)19-10-18-14/h5-7,12-13H,2-4,8-10H2,1H3. The van der Waals surface area contributed by atoms with Gasteiger partial charge in [-0.05, 0) is 32.0 Å². The molecule has 2 bridgehead atoms. The summed E-state index contributed by atoms with van der Waals surface area (Å²) < 4.78 is 10.9. The van der Waals surface area contributed by atoms with Crippen molar-refractivity contribution in [2.24, 2.45) is 0 Å². The van der Waals surface area contributed by atoms with Gasteiger partial charge in [-0.25, -0.2) is 0 Å². The van der Waals surface area contributed by atoms with Crippen molar-refractivity contribution in [1.29, 1.82) is 0 Å². The van der Waals surface area contributed by atoms with Gasteiger partial charge >= 0.3 is 0 Å². The number of anilines is 1. The molecule has 3 aliphatic heterocycles. The first-order valence-corrected chi connectivity index (χ1v) is 7.18. The Balaban J connectivity index is 1.59. The summed E-state index contributed by atoms with van der Waals surface area (Å²) in [6.07, 6.45) is 4.04. The van der Waals surface area contributed by atoms with Crippen LogP contribution in [0.3, 0.4) is 0 Å². The molecule has 0 radical (unpaired) electrons. The van der Waals surface area contributed by atoms with Crippen molar-refractivity contribution >= 4 is 5.69 Å². The van der Waals surface area contributed by atoms with Crippen LogP contribution < -0.4 is 14.4 Å². The van der Waals surface area contributed by atoms with Crippen LogP contribution in [0, 0.1) is 0 Å². The summed E-state index contributed by atoms with van der Waals surface area (Å²) >= 11 is 0. The van der Waals surface area contributed by atoms with E-state index < -0.39 is 0 Å². The Labute approximate surface area is 113 Å². The van der Waals surface area contributed by atoms with Gasteiger partial charge in [-0.2, -0.15) is 0 Å². The fourth-order valence-corrected chi connectivity index (χ4v) is 3.61. The van der Waals surface area contributed by atoms with Crippen LogP contribution in [0.2, 0.25) is 0 Å². The summed E-state index contributed by atoms with van der Waals surface area (Å²) in [5.41, 5.74) is 1.27. The zero-order chi connectivity index (χ0) is 12.8. The average molecular weight is 260 g/mol. The average Bonchev–Trinajstić information content (AvgIpc) is 2.85. The molecule has 2 saturated heterocycles. The van der Waals surface area contributed by atoms with E-state index in [-0.39, 0.29) is 0 Å². The van der Waals surface area contributed by atoms with Crippen LogP contribution in [0.25, 0.3) is 0 Å². The predicted molar refractivity (Wildman–Crippen MR) is 74.0 cm³/mol. The van der Waals surface area contributed by atoms with Crippen LogP contribution >= 0.6 is 0 Å². The van der Waals surface area contributed by atoms with E-state index in [9.17, 15) is 0 Å². The van der Waals surface area contributed by atoms with Crippen LogP contribution in [0.15, 0.2) is 18.2 Å².